The Kier molecular flexibility index (Phi) is 7.65. The van der Waals surface area contributed by atoms with Crippen molar-refractivity contribution in [2.45, 2.75) is 38.6 Å². The minimum Gasteiger partial charge on any atom is -0.339 e. The number of rotatable bonds is 5. The maximum absolute atomic E-state index is 13.2. The molecule has 0 radical (unpaired) electrons. The van der Waals surface area contributed by atoms with E-state index < -0.39 is 6.03 Å². The number of benzene rings is 3. The van der Waals surface area contributed by atoms with Crippen molar-refractivity contribution >= 4 is 17.6 Å². The highest BCUT2D eigenvalue weighted by Crippen LogP contribution is 2.29. The van der Waals surface area contributed by atoms with Crippen molar-refractivity contribution in [3.63, 3.8) is 0 Å². The van der Waals surface area contributed by atoms with Crippen molar-refractivity contribution in [3.05, 3.63) is 100 Å². The maximum Gasteiger partial charge on any atom is 0.319 e. The molecule has 3 amide bonds. The van der Waals surface area contributed by atoms with Gasteiger partial charge in [-0.25, -0.2) is 9.18 Å². The topological polar surface area (TPSA) is 85.2 Å². The number of piperidine rings is 1. The quantitative estimate of drug-likeness (QED) is 0.472. The molecule has 0 spiro atoms. The number of urea groups is 1. The third kappa shape index (κ3) is 5.89. The van der Waals surface area contributed by atoms with Crippen LogP contribution in [-0.2, 0) is 0 Å². The van der Waals surface area contributed by atoms with E-state index >= 15 is 0 Å². The molecule has 2 N–H and O–H groups in total. The number of amides is 3. The molecule has 184 valence electrons. The van der Waals surface area contributed by atoms with Crippen LogP contribution in [0.15, 0.2) is 66.7 Å². The van der Waals surface area contributed by atoms with Crippen molar-refractivity contribution in [1.29, 1.82) is 5.26 Å². The van der Waals surface area contributed by atoms with Crippen LogP contribution in [0.2, 0.25) is 0 Å². The molecule has 1 atom stereocenters. The van der Waals surface area contributed by atoms with Gasteiger partial charge < -0.3 is 15.5 Å². The standard InChI is InChI=1S/C29H29FN4O2/c1-19-3-6-25(17-27(19)33-29(36)32-20(2)22-9-11-26(30)12-10-22)28(35)34-15-13-24(14-16-34)23-7-4-21(18-31)5-8-23/h3-12,17,20,24H,13-16H2,1-2H3,(H2,32,33,36). The summed E-state index contributed by atoms with van der Waals surface area (Å²) in [5, 5.41) is 14.7. The first-order chi connectivity index (χ1) is 17.3. The van der Waals surface area contributed by atoms with E-state index in [0.29, 0.717) is 35.8 Å². The van der Waals surface area contributed by atoms with E-state index in [0.717, 1.165) is 24.0 Å². The maximum atomic E-state index is 13.2. The first-order valence-corrected chi connectivity index (χ1v) is 12.1. The Morgan fingerprint density at radius 3 is 2.33 bits per heavy atom. The fourth-order valence-electron chi connectivity index (χ4n) is 4.51. The number of nitrogens with one attached hydrogen (secondary N) is 2. The zero-order valence-corrected chi connectivity index (χ0v) is 20.4. The van der Waals surface area contributed by atoms with Gasteiger partial charge in [-0.2, -0.15) is 5.26 Å². The van der Waals surface area contributed by atoms with Gasteiger partial charge in [-0.15, -0.1) is 0 Å². The van der Waals surface area contributed by atoms with Gasteiger partial charge in [0.25, 0.3) is 5.91 Å². The summed E-state index contributed by atoms with van der Waals surface area (Å²) in [6.07, 6.45) is 1.72. The summed E-state index contributed by atoms with van der Waals surface area (Å²) >= 11 is 0. The second-order valence-corrected chi connectivity index (χ2v) is 9.20. The van der Waals surface area contributed by atoms with Gasteiger partial charge in [-0.1, -0.05) is 30.3 Å². The summed E-state index contributed by atoms with van der Waals surface area (Å²) in [6, 6.07) is 20.4. The van der Waals surface area contributed by atoms with E-state index in [-0.39, 0.29) is 17.8 Å². The third-order valence-electron chi connectivity index (χ3n) is 6.74. The van der Waals surface area contributed by atoms with E-state index in [1.807, 2.05) is 49.1 Å². The molecule has 1 unspecified atom stereocenters. The second kappa shape index (κ2) is 11.0. The molecule has 1 aliphatic rings. The van der Waals surface area contributed by atoms with Crippen LogP contribution in [-0.4, -0.2) is 29.9 Å². The molecule has 36 heavy (non-hydrogen) atoms. The monoisotopic (exact) mass is 484 g/mol. The van der Waals surface area contributed by atoms with Gasteiger partial charge in [-0.3, -0.25) is 4.79 Å². The molecule has 3 aromatic rings. The largest absolute Gasteiger partial charge is 0.339 e. The van der Waals surface area contributed by atoms with Crippen LogP contribution in [0.1, 0.15) is 64.3 Å². The van der Waals surface area contributed by atoms with Crippen LogP contribution < -0.4 is 10.6 Å². The Labute approximate surface area is 210 Å². The van der Waals surface area contributed by atoms with Gasteiger partial charge in [0.1, 0.15) is 5.82 Å². The van der Waals surface area contributed by atoms with Crippen LogP contribution in [0.25, 0.3) is 0 Å². The average molecular weight is 485 g/mol. The van der Waals surface area contributed by atoms with Gasteiger partial charge >= 0.3 is 6.03 Å². The molecule has 1 saturated heterocycles. The van der Waals surface area contributed by atoms with Crippen molar-refractivity contribution in [2.75, 3.05) is 18.4 Å². The van der Waals surface area contributed by atoms with Crippen LogP contribution in [0.4, 0.5) is 14.9 Å². The Hall–Kier alpha value is -4.18. The fraction of sp³-hybridized carbons (Fsp3) is 0.276. The van der Waals surface area contributed by atoms with Crippen LogP contribution >= 0.6 is 0 Å². The number of aryl methyl sites for hydroxylation is 1. The predicted octanol–water partition coefficient (Wildman–Crippen LogP) is 5.91. The zero-order chi connectivity index (χ0) is 25.7. The van der Waals surface area contributed by atoms with Gasteiger partial charge in [-0.05, 0) is 85.7 Å². The molecule has 0 bridgehead atoms. The lowest BCUT2D eigenvalue weighted by Crippen LogP contribution is -2.38. The van der Waals surface area contributed by atoms with E-state index in [1.54, 1.807) is 24.3 Å². The van der Waals surface area contributed by atoms with Crippen LogP contribution in [0, 0.1) is 24.1 Å². The van der Waals surface area contributed by atoms with Crippen LogP contribution in [0.5, 0.6) is 0 Å². The smallest absolute Gasteiger partial charge is 0.319 e. The van der Waals surface area contributed by atoms with Gasteiger partial charge in [0.15, 0.2) is 0 Å². The molecule has 1 aliphatic heterocycles. The summed E-state index contributed by atoms with van der Waals surface area (Å²) in [7, 11) is 0. The fourth-order valence-corrected chi connectivity index (χ4v) is 4.51. The highest BCUT2D eigenvalue weighted by molar-refractivity contribution is 5.97. The molecule has 6 nitrogen and oxygen atoms in total. The number of hydrogen-bond donors (Lipinski definition) is 2. The molecule has 0 aromatic heterocycles. The lowest BCUT2D eigenvalue weighted by molar-refractivity contribution is 0.0713. The summed E-state index contributed by atoms with van der Waals surface area (Å²) in [6.45, 7) is 4.99. The first kappa shape index (κ1) is 24.9. The highest BCUT2D eigenvalue weighted by atomic mass is 19.1. The SMILES string of the molecule is Cc1ccc(C(=O)N2CCC(c3ccc(C#N)cc3)CC2)cc1NC(=O)NC(C)c1ccc(F)cc1. The van der Waals surface area contributed by atoms with Crippen molar-refractivity contribution in [3.8, 4) is 6.07 Å². The van der Waals surface area contributed by atoms with E-state index in [4.69, 9.17) is 5.26 Å². The van der Waals surface area contributed by atoms with Crippen molar-refractivity contribution < 1.29 is 14.0 Å². The Morgan fingerprint density at radius 2 is 1.69 bits per heavy atom. The summed E-state index contributed by atoms with van der Waals surface area (Å²) in [5.74, 6) is -0.0220. The molecule has 1 fully saturated rings. The Morgan fingerprint density at radius 1 is 1.03 bits per heavy atom. The average Bonchev–Trinajstić information content (AvgIpc) is 2.90. The third-order valence-corrected chi connectivity index (χ3v) is 6.74. The molecule has 0 aliphatic carbocycles. The normalized spacial score (nSPS) is 14.6. The number of nitriles is 1. The summed E-state index contributed by atoms with van der Waals surface area (Å²) < 4.78 is 13.2. The van der Waals surface area contributed by atoms with Gasteiger partial charge in [0.05, 0.1) is 17.7 Å². The molecule has 1 heterocycles. The van der Waals surface area contributed by atoms with Gasteiger partial charge in [0.2, 0.25) is 0 Å². The van der Waals surface area contributed by atoms with Crippen molar-refractivity contribution in [1.82, 2.24) is 10.2 Å². The number of carbonyl (C=O) groups excluding carboxylic acids is 2. The van der Waals surface area contributed by atoms with E-state index in [2.05, 4.69) is 16.7 Å². The minimum atomic E-state index is -0.400. The lowest BCUT2D eigenvalue weighted by atomic mass is 9.89. The van der Waals surface area contributed by atoms with Crippen molar-refractivity contribution in [2.24, 2.45) is 0 Å². The van der Waals surface area contributed by atoms with E-state index in [9.17, 15) is 14.0 Å². The number of carbonyl (C=O) groups is 2. The number of nitrogens with zero attached hydrogens (tertiary/aromatic N) is 2. The predicted molar refractivity (Wildman–Crippen MR) is 137 cm³/mol. The molecular formula is C29H29FN4O2. The Bertz CT molecular complexity index is 1270. The molecule has 3 aromatic carbocycles. The van der Waals surface area contributed by atoms with Gasteiger partial charge in [0, 0.05) is 24.3 Å². The minimum absolute atomic E-state index is 0.0589. The number of halogens is 1. The Balaban J connectivity index is 1.36. The molecule has 7 heteroatoms. The molecule has 0 saturated carbocycles. The second-order valence-electron chi connectivity index (χ2n) is 9.20. The number of hydrogen-bond acceptors (Lipinski definition) is 3. The number of anilines is 1. The molecular weight excluding hydrogens is 455 g/mol. The first-order valence-electron chi connectivity index (χ1n) is 12.1. The van der Waals surface area contributed by atoms with Crippen LogP contribution in [0.3, 0.4) is 0 Å². The zero-order valence-electron chi connectivity index (χ0n) is 20.4. The molecule has 4 rings (SSSR count). The highest BCUT2D eigenvalue weighted by Gasteiger charge is 2.25. The lowest BCUT2D eigenvalue weighted by Gasteiger charge is -2.32. The summed E-state index contributed by atoms with van der Waals surface area (Å²) in [5.41, 5.74) is 4.57. The summed E-state index contributed by atoms with van der Waals surface area (Å²) in [4.78, 5) is 27.6. The number of likely N-dealkylation sites (tertiary alicyclic amines) is 1. The van der Waals surface area contributed by atoms with E-state index in [1.165, 1.54) is 17.7 Å².